The smallest absolute Gasteiger partial charge is 0.361 e. The monoisotopic (exact) mass is 376 g/mol. The van der Waals surface area contributed by atoms with Gasteiger partial charge in [0, 0.05) is 26.4 Å². The van der Waals surface area contributed by atoms with Crippen LogP contribution in [0.3, 0.4) is 0 Å². The van der Waals surface area contributed by atoms with Crippen molar-refractivity contribution in [1.82, 2.24) is 0 Å². The lowest BCUT2D eigenvalue weighted by molar-refractivity contribution is 0.200. The van der Waals surface area contributed by atoms with Crippen LogP contribution in [0.5, 0.6) is 0 Å². The Kier molecular flexibility index (Phi) is 10.7. The molecule has 0 saturated heterocycles. The Hall–Kier alpha value is -0.0294. The van der Waals surface area contributed by atoms with Gasteiger partial charge in [-0.1, -0.05) is 35.9 Å². The van der Waals surface area contributed by atoms with Gasteiger partial charge in [-0.05, 0) is 40.8 Å². The Balaban J connectivity index is 5.09. The number of hydrogen-bond acceptors (Lipinski definition) is 4. The van der Waals surface area contributed by atoms with Crippen LogP contribution in [0.25, 0.3) is 0 Å². The molecule has 23 heavy (non-hydrogen) atoms. The van der Waals surface area contributed by atoms with Gasteiger partial charge < -0.3 is 17.7 Å². The van der Waals surface area contributed by atoms with Crippen LogP contribution < -0.4 is 0 Å². The molecule has 0 spiro atoms. The molecule has 7 heteroatoms. The molecule has 0 aromatic rings. The van der Waals surface area contributed by atoms with Gasteiger partial charge in [-0.15, -0.1) is 0 Å². The third-order valence-electron chi connectivity index (χ3n) is 3.36. The van der Waals surface area contributed by atoms with E-state index in [1.54, 1.807) is 0 Å². The van der Waals surface area contributed by atoms with Crippen molar-refractivity contribution in [3.05, 3.63) is 22.8 Å². The molecule has 0 amide bonds. The summed E-state index contributed by atoms with van der Waals surface area (Å²) in [5.74, 6) is 0. The highest BCUT2D eigenvalue weighted by atomic mass is 28.4. The van der Waals surface area contributed by atoms with E-state index in [-0.39, 0.29) is 0 Å². The van der Waals surface area contributed by atoms with Crippen LogP contribution in [-0.4, -0.2) is 51.6 Å². The summed E-state index contributed by atoms with van der Waals surface area (Å²) in [5.41, 5.74) is 9.01. The largest absolute Gasteiger partial charge is 0.392 e. The predicted octanol–water partition coefficient (Wildman–Crippen LogP) is 4.25. The molecule has 0 aliphatic heterocycles. The fourth-order valence-electron chi connectivity index (χ4n) is 2.21. The second-order valence-corrected chi connectivity index (χ2v) is 16.4. The summed E-state index contributed by atoms with van der Waals surface area (Å²) in [6, 6.07) is 0. The maximum Gasteiger partial charge on any atom is 0.361 e. The second kappa shape index (κ2) is 10.8. The first-order valence-corrected chi connectivity index (χ1v) is 16.6. The van der Waals surface area contributed by atoms with Gasteiger partial charge in [-0.25, -0.2) is 0 Å². The zero-order valence-electron chi connectivity index (χ0n) is 16.3. The van der Waals surface area contributed by atoms with E-state index in [0.29, 0.717) is 26.4 Å². The zero-order chi connectivity index (χ0) is 18.0. The van der Waals surface area contributed by atoms with Gasteiger partial charge in [0.05, 0.1) is 8.07 Å². The van der Waals surface area contributed by atoms with Crippen LogP contribution in [0.1, 0.15) is 27.7 Å². The first kappa shape index (κ1) is 23.0. The van der Waals surface area contributed by atoms with E-state index in [9.17, 15) is 0 Å². The average Bonchev–Trinajstić information content (AvgIpc) is 2.45. The van der Waals surface area contributed by atoms with Gasteiger partial charge in [0.2, 0.25) is 0 Å². The highest BCUT2D eigenvalue weighted by molar-refractivity contribution is 6.89. The summed E-state index contributed by atoms with van der Waals surface area (Å²) in [4.78, 5) is 0. The van der Waals surface area contributed by atoms with Crippen molar-refractivity contribution in [3.8, 4) is 0 Å². The quantitative estimate of drug-likeness (QED) is 0.477. The summed E-state index contributed by atoms with van der Waals surface area (Å²) >= 11 is 0. The van der Waals surface area contributed by atoms with E-state index in [0.717, 1.165) is 0 Å². The predicted molar refractivity (Wildman–Crippen MR) is 106 cm³/mol. The lowest BCUT2D eigenvalue weighted by Gasteiger charge is -2.25. The highest BCUT2D eigenvalue weighted by Gasteiger charge is 2.30. The molecule has 0 saturated carbocycles. The van der Waals surface area contributed by atoms with Crippen molar-refractivity contribution in [2.75, 3.05) is 26.4 Å². The van der Waals surface area contributed by atoms with Gasteiger partial charge in [-0.2, -0.15) is 0 Å². The van der Waals surface area contributed by atoms with E-state index in [1.807, 2.05) is 27.7 Å². The Morgan fingerprint density at radius 1 is 0.522 bits per heavy atom. The molecule has 0 heterocycles. The molecule has 0 aromatic carbocycles. The van der Waals surface area contributed by atoms with E-state index >= 15 is 0 Å². The van der Waals surface area contributed by atoms with Crippen LogP contribution >= 0.6 is 0 Å². The standard InChI is InChI=1S/C16H36O4Si3/c1-9-17-22(7,18-10-2)15-13-21(5,6)14-16-23(8,19-11-3)20-12-4/h13-16H,9-12H2,1-8H3. The van der Waals surface area contributed by atoms with Crippen molar-refractivity contribution in [2.24, 2.45) is 0 Å². The number of rotatable bonds is 12. The van der Waals surface area contributed by atoms with Crippen molar-refractivity contribution in [2.45, 2.75) is 53.9 Å². The maximum atomic E-state index is 5.88. The highest BCUT2D eigenvalue weighted by Crippen LogP contribution is 2.16. The molecule has 0 bridgehead atoms. The van der Waals surface area contributed by atoms with Crippen LogP contribution in [-0.2, 0) is 17.7 Å². The molecule has 0 rings (SSSR count). The molecule has 0 radical (unpaired) electrons. The first-order valence-electron chi connectivity index (χ1n) is 8.62. The summed E-state index contributed by atoms with van der Waals surface area (Å²) in [5, 5.41) is 0. The Bertz CT molecular complexity index is 338. The lowest BCUT2D eigenvalue weighted by atomic mass is 10.9. The van der Waals surface area contributed by atoms with Gasteiger partial charge >= 0.3 is 17.1 Å². The number of hydrogen-bond donors (Lipinski definition) is 0. The second-order valence-electron chi connectivity index (χ2n) is 6.25. The third kappa shape index (κ3) is 9.76. The fourth-order valence-corrected chi connectivity index (χ4v) is 11.0. The normalized spacial score (nSPS) is 14.3. The fraction of sp³-hybridized carbons (Fsp3) is 0.750. The summed E-state index contributed by atoms with van der Waals surface area (Å²) in [6.45, 7) is 19.6. The topological polar surface area (TPSA) is 36.9 Å². The van der Waals surface area contributed by atoms with Gasteiger partial charge in [0.15, 0.2) is 0 Å². The van der Waals surface area contributed by atoms with E-state index in [1.165, 1.54) is 0 Å². The molecular weight excluding hydrogens is 340 g/mol. The van der Waals surface area contributed by atoms with E-state index < -0.39 is 25.2 Å². The molecule has 4 nitrogen and oxygen atoms in total. The molecule has 0 aliphatic carbocycles. The molecule has 136 valence electrons. The van der Waals surface area contributed by atoms with Gasteiger partial charge in [0.25, 0.3) is 0 Å². The first-order chi connectivity index (χ1) is 10.7. The molecule has 0 atom stereocenters. The lowest BCUT2D eigenvalue weighted by Crippen LogP contribution is -2.39. The summed E-state index contributed by atoms with van der Waals surface area (Å²) in [7, 11) is -6.04. The van der Waals surface area contributed by atoms with E-state index in [2.05, 4.69) is 49.0 Å². The van der Waals surface area contributed by atoms with Crippen molar-refractivity contribution in [3.63, 3.8) is 0 Å². The van der Waals surface area contributed by atoms with Gasteiger partial charge in [-0.3, -0.25) is 0 Å². The Labute approximate surface area is 146 Å². The molecule has 0 aliphatic rings. The molecular formula is C16H36O4Si3. The third-order valence-corrected chi connectivity index (χ3v) is 11.1. The van der Waals surface area contributed by atoms with Crippen LogP contribution in [0.4, 0.5) is 0 Å². The molecule has 0 fully saturated rings. The Morgan fingerprint density at radius 2 is 0.783 bits per heavy atom. The minimum absolute atomic E-state index is 0.685. The minimum Gasteiger partial charge on any atom is -0.392 e. The van der Waals surface area contributed by atoms with Crippen LogP contribution in [0.2, 0.25) is 26.2 Å². The molecule has 0 N–H and O–H groups in total. The Morgan fingerprint density at radius 3 is 1.00 bits per heavy atom. The molecule has 0 aromatic heterocycles. The molecule has 0 unspecified atom stereocenters. The van der Waals surface area contributed by atoms with Crippen molar-refractivity contribution < 1.29 is 17.7 Å². The van der Waals surface area contributed by atoms with Crippen molar-refractivity contribution >= 4 is 25.2 Å². The SMILES string of the molecule is CCO[Si](C)(C=C[Si](C)(C)C=C[Si](C)(OCC)OCC)OCC. The summed E-state index contributed by atoms with van der Waals surface area (Å²) in [6.07, 6.45) is 0. The summed E-state index contributed by atoms with van der Waals surface area (Å²) < 4.78 is 23.5. The van der Waals surface area contributed by atoms with Crippen molar-refractivity contribution in [1.29, 1.82) is 0 Å². The van der Waals surface area contributed by atoms with Crippen LogP contribution in [0, 0.1) is 0 Å². The minimum atomic E-state index is -2.20. The van der Waals surface area contributed by atoms with E-state index in [4.69, 9.17) is 17.7 Å². The van der Waals surface area contributed by atoms with Crippen LogP contribution in [0.15, 0.2) is 22.8 Å². The van der Waals surface area contributed by atoms with Gasteiger partial charge in [0.1, 0.15) is 0 Å². The maximum absolute atomic E-state index is 5.88. The zero-order valence-corrected chi connectivity index (χ0v) is 19.3. The average molecular weight is 377 g/mol.